The minimum Gasteiger partial charge on any atom is -0.481 e. The molecule has 0 aliphatic heterocycles. The Kier molecular flexibility index (Phi) is 8.17. The van der Waals surface area contributed by atoms with E-state index in [0.717, 1.165) is 24.0 Å². The maximum Gasteiger partial charge on any atom is 0.308 e. The quantitative estimate of drug-likeness (QED) is 0.406. The van der Waals surface area contributed by atoms with Crippen LogP contribution >= 0.6 is 0 Å². The Bertz CT molecular complexity index is 968. The summed E-state index contributed by atoms with van der Waals surface area (Å²) < 4.78 is 0. The number of carboxylic acid groups (broad SMARTS) is 2. The second-order valence-corrected chi connectivity index (χ2v) is 10.7. The molecule has 1 aromatic carbocycles. The van der Waals surface area contributed by atoms with Gasteiger partial charge in [-0.15, -0.1) is 0 Å². The molecular weight excluding hydrogens is 436 g/mol. The molecule has 34 heavy (non-hydrogen) atoms. The number of aryl methyl sites for hydroxylation is 1. The number of anilines is 1. The highest BCUT2D eigenvalue weighted by molar-refractivity contribution is 6.04. The lowest BCUT2D eigenvalue weighted by Crippen LogP contribution is -2.64. The van der Waals surface area contributed by atoms with Crippen LogP contribution in [0.3, 0.4) is 0 Å². The van der Waals surface area contributed by atoms with Crippen LogP contribution in [0.15, 0.2) is 18.2 Å². The topological polar surface area (TPSA) is 133 Å². The summed E-state index contributed by atoms with van der Waals surface area (Å²) >= 11 is 0. The molecule has 4 atom stereocenters. The van der Waals surface area contributed by atoms with Crippen molar-refractivity contribution in [2.24, 2.45) is 23.7 Å². The van der Waals surface area contributed by atoms with Gasteiger partial charge in [-0.2, -0.15) is 0 Å². The SMILES string of the molecule is CCCC(C)(C)NC(=O)C1C(C(=O)O)C(C(=O)O)C1C(=O)Nc1ccc(C(C)(C)CC)cc1C. The van der Waals surface area contributed by atoms with Crippen molar-refractivity contribution < 1.29 is 29.4 Å². The molecule has 0 bridgehead atoms. The van der Waals surface area contributed by atoms with Crippen molar-refractivity contribution in [2.45, 2.75) is 78.7 Å². The van der Waals surface area contributed by atoms with Gasteiger partial charge in [-0.1, -0.05) is 46.2 Å². The smallest absolute Gasteiger partial charge is 0.308 e. The number of carboxylic acids is 2. The molecule has 8 heteroatoms. The van der Waals surface area contributed by atoms with Crippen LogP contribution in [0.2, 0.25) is 0 Å². The first kappa shape index (κ1) is 27.3. The maximum absolute atomic E-state index is 13.2. The van der Waals surface area contributed by atoms with E-state index in [1.165, 1.54) is 0 Å². The number of aliphatic carboxylic acids is 2. The Balaban J connectivity index is 2.35. The molecule has 1 aromatic rings. The van der Waals surface area contributed by atoms with Crippen molar-refractivity contribution in [2.75, 3.05) is 5.32 Å². The van der Waals surface area contributed by atoms with Gasteiger partial charge < -0.3 is 20.8 Å². The fourth-order valence-corrected chi connectivity index (χ4v) is 4.76. The van der Waals surface area contributed by atoms with E-state index in [-0.39, 0.29) is 5.41 Å². The molecule has 1 fully saturated rings. The van der Waals surface area contributed by atoms with Crippen LogP contribution in [0, 0.1) is 30.6 Å². The molecule has 0 aromatic heterocycles. The first-order valence-corrected chi connectivity index (χ1v) is 11.9. The molecule has 0 saturated heterocycles. The van der Waals surface area contributed by atoms with Gasteiger partial charge in [0.05, 0.1) is 23.7 Å². The van der Waals surface area contributed by atoms with Crippen LogP contribution in [-0.4, -0.2) is 39.5 Å². The Labute approximate surface area is 201 Å². The van der Waals surface area contributed by atoms with E-state index in [1.807, 2.05) is 39.8 Å². The number of hydrogen-bond acceptors (Lipinski definition) is 4. The van der Waals surface area contributed by atoms with Crippen molar-refractivity contribution >= 4 is 29.4 Å². The maximum atomic E-state index is 13.2. The van der Waals surface area contributed by atoms with Gasteiger partial charge in [0.15, 0.2) is 0 Å². The second-order valence-electron chi connectivity index (χ2n) is 10.7. The predicted molar refractivity (Wildman–Crippen MR) is 129 cm³/mol. The Morgan fingerprint density at radius 2 is 1.41 bits per heavy atom. The fraction of sp³-hybridized carbons (Fsp3) is 0.615. The number of carbonyl (C=O) groups is 4. The Morgan fingerprint density at radius 1 is 0.882 bits per heavy atom. The molecule has 8 nitrogen and oxygen atoms in total. The number of benzene rings is 1. The number of carbonyl (C=O) groups excluding carboxylic acids is 2. The minimum atomic E-state index is -1.49. The highest BCUT2D eigenvalue weighted by Crippen LogP contribution is 2.48. The monoisotopic (exact) mass is 474 g/mol. The third-order valence-corrected chi connectivity index (χ3v) is 7.21. The summed E-state index contributed by atoms with van der Waals surface area (Å²) in [5.41, 5.74) is 1.77. The molecule has 188 valence electrons. The summed E-state index contributed by atoms with van der Waals surface area (Å²) in [4.78, 5) is 50.1. The molecular formula is C26H38N2O6. The van der Waals surface area contributed by atoms with Gasteiger partial charge in [0.1, 0.15) is 0 Å². The zero-order chi connectivity index (χ0) is 26.0. The average Bonchev–Trinajstić information content (AvgIpc) is 2.67. The van der Waals surface area contributed by atoms with Crippen molar-refractivity contribution in [1.82, 2.24) is 5.32 Å². The van der Waals surface area contributed by atoms with Gasteiger partial charge >= 0.3 is 11.9 Å². The largest absolute Gasteiger partial charge is 0.481 e. The number of rotatable bonds is 10. The van der Waals surface area contributed by atoms with Crippen LogP contribution in [0.5, 0.6) is 0 Å². The van der Waals surface area contributed by atoms with Crippen molar-refractivity contribution in [3.63, 3.8) is 0 Å². The Hall–Kier alpha value is -2.90. The molecule has 4 N–H and O–H groups in total. The van der Waals surface area contributed by atoms with Crippen LogP contribution in [-0.2, 0) is 24.6 Å². The normalized spacial score (nSPS) is 22.4. The van der Waals surface area contributed by atoms with Crippen molar-refractivity contribution in [3.05, 3.63) is 29.3 Å². The molecule has 0 heterocycles. The standard InChI is InChI=1S/C26H38N2O6/c1-8-12-26(6,7)28-22(30)18-17(19(23(31)32)20(18)24(33)34)21(29)27-16-11-10-15(13-14(16)3)25(4,5)9-2/h10-11,13,17-20H,8-9,12H2,1-7H3,(H,27,29)(H,28,30)(H,31,32)(H,33,34). The van der Waals surface area contributed by atoms with E-state index < -0.39 is 53.0 Å². The molecule has 0 radical (unpaired) electrons. The number of amides is 2. The van der Waals surface area contributed by atoms with E-state index in [0.29, 0.717) is 12.1 Å². The highest BCUT2D eigenvalue weighted by atomic mass is 16.4. The summed E-state index contributed by atoms with van der Waals surface area (Å²) in [6.07, 6.45) is 2.39. The molecule has 1 aliphatic rings. The van der Waals surface area contributed by atoms with Gasteiger partial charge in [0, 0.05) is 11.2 Å². The first-order chi connectivity index (χ1) is 15.7. The van der Waals surface area contributed by atoms with Gasteiger partial charge in [-0.3, -0.25) is 19.2 Å². The Morgan fingerprint density at radius 3 is 1.85 bits per heavy atom. The number of hydrogen-bond donors (Lipinski definition) is 4. The van der Waals surface area contributed by atoms with E-state index in [4.69, 9.17) is 0 Å². The summed E-state index contributed by atoms with van der Waals surface area (Å²) in [6.45, 7) is 13.8. The molecule has 2 rings (SSSR count). The minimum absolute atomic E-state index is 0.0428. The van der Waals surface area contributed by atoms with E-state index in [1.54, 1.807) is 6.07 Å². The van der Waals surface area contributed by atoms with Crippen LogP contribution < -0.4 is 10.6 Å². The molecule has 1 aliphatic carbocycles. The van der Waals surface area contributed by atoms with Gasteiger partial charge in [0.2, 0.25) is 11.8 Å². The lowest BCUT2D eigenvalue weighted by Gasteiger charge is -2.46. The van der Waals surface area contributed by atoms with E-state index in [2.05, 4.69) is 31.4 Å². The average molecular weight is 475 g/mol. The van der Waals surface area contributed by atoms with Crippen molar-refractivity contribution in [3.8, 4) is 0 Å². The summed E-state index contributed by atoms with van der Waals surface area (Å²) in [7, 11) is 0. The molecule has 1 saturated carbocycles. The third-order valence-electron chi connectivity index (χ3n) is 7.21. The lowest BCUT2D eigenvalue weighted by atomic mass is 9.55. The van der Waals surface area contributed by atoms with E-state index in [9.17, 15) is 29.4 Å². The highest BCUT2D eigenvalue weighted by Gasteiger charge is 2.64. The van der Waals surface area contributed by atoms with E-state index >= 15 is 0 Å². The zero-order valence-electron chi connectivity index (χ0n) is 21.2. The molecule has 0 spiro atoms. The first-order valence-electron chi connectivity index (χ1n) is 11.9. The van der Waals surface area contributed by atoms with Crippen molar-refractivity contribution in [1.29, 1.82) is 0 Å². The van der Waals surface area contributed by atoms with Gasteiger partial charge in [-0.25, -0.2) is 0 Å². The van der Waals surface area contributed by atoms with Gasteiger partial charge in [0.25, 0.3) is 0 Å². The van der Waals surface area contributed by atoms with Gasteiger partial charge in [-0.05, 0) is 56.2 Å². The second kappa shape index (κ2) is 10.2. The summed E-state index contributed by atoms with van der Waals surface area (Å²) in [5.74, 6) is -9.59. The summed E-state index contributed by atoms with van der Waals surface area (Å²) in [6, 6.07) is 5.66. The van der Waals surface area contributed by atoms with Crippen LogP contribution in [0.1, 0.15) is 71.9 Å². The predicted octanol–water partition coefficient (Wildman–Crippen LogP) is 3.96. The number of nitrogens with one attached hydrogen (secondary N) is 2. The molecule has 4 unspecified atom stereocenters. The van der Waals surface area contributed by atoms with Crippen LogP contribution in [0.4, 0.5) is 5.69 Å². The third kappa shape index (κ3) is 5.59. The lowest BCUT2D eigenvalue weighted by molar-refractivity contribution is -0.180. The zero-order valence-corrected chi connectivity index (χ0v) is 21.2. The molecule has 2 amide bonds. The fourth-order valence-electron chi connectivity index (χ4n) is 4.76. The van der Waals surface area contributed by atoms with Crippen LogP contribution in [0.25, 0.3) is 0 Å². The summed E-state index contributed by atoms with van der Waals surface area (Å²) in [5, 5.41) is 24.9.